The van der Waals surface area contributed by atoms with Crippen LogP contribution < -0.4 is 0 Å². The lowest BCUT2D eigenvalue weighted by atomic mass is 9.98. The number of nitriles is 1. The van der Waals surface area contributed by atoms with Gasteiger partial charge < -0.3 is 0 Å². The van der Waals surface area contributed by atoms with Crippen LogP contribution in [0.15, 0.2) is 23.1 Å². The van der Waals surface area contributed by atoms with Gasteiger partial charge >= 0.3 is 0 Å². The summed E-state index contributed by atoms with van der Waals surface area (Å²) in [6.07, 6.45) is 3.89. The maximum absolute atomic E-state index is 12.8. The molecule has 0 spiro atoms. The molecule has 0 radical (unpaired) electrons. The van der Waals surface area contributed by atoms with E-state index in [1.54, 1.807) is 0 Å². The van der Waals surface area contributed by atoms with Crippen LogP contribution in [0.3, 0.4) is 0 Å². The SMILES string of the molecule is CCC1CCCN(S(=O)(=O)c2cc(C#N)ccc2Cl)CC1. The van der Waals surface area contributed by atoms with Gasteiger partial charge in [0.1, 0.15) is 4.90 Å². The van der Waals surface area contributed by atoms with Crippen molar-refractivity contribution in [1.82, 2.24) is 4.31 Å². The molecule has 1 fully saturated rings. The Labute approximate surface area is 131 Å². The fraction of sp³-hybridized carbons (Fsp3) is 0.533. The fourth-order valence-corrected chi connectivity index (χ4v) is 4.69. The normalized spacial score (nSPS) is 20.7. The first kappa shape index (κ1) is 16.3. The quantitative estimate of drug-likeness (QED) is 0.855. The molecule has 1 saturated heterocycles. The van der Waals surface area contributed by atoms with E-state index >= 15 is 0 Å². The van der Waals surface area contributed by atoms with E-state index < -0.39 is 10.0 Å². The van der Waals surface area contributed by atoms with Gasteiger partial charge in [-0.1, -0.05) is 24.9 Å². The van der Waals surface area contributed by atoms with Gasteiger partial charge in [0.15, 0.2) is 0 Å². The first-order valence-electron chi connectivity index (χ1n) is 7.18. The van der Waals surface area contributed by atoms with Gasteiger partial charge in [-0.05, 0) is 43.4 Å². The van der Waals surface area contributed by atoms with E-state index in [1.165, 1.54) is 22.5 Å². The van der Waals surface area contributed by atoms with Gasteiger partial charge in [0.05, 0.1) is 16.7 Å². The fourth-order valence-electron chi connectivity index (χ4n) is 2.70. The van der Waals surface area contributed by atoms with Crippen LogP contribution in [0.5, 0.6) is 0 Å². The predicted octanol–water partition coefficient (Wildman–Crippen LogP) is 3.41. The first-order valence-corrected chi connectivity index (χ1v) is 9.00. The zero-order valence-corrected chi connectivity index (χ0v) is 13.6. The summed E-state index contributed by atoms with van der Waals surface area (Å²) in [7, 11) is -3.63. The van der Waals surface area contributed by atoms with E-state index in [-0.39, 0.29) is 9.92 Å². The second kappa shape index (κ2) is 6.78. The Morgan fingerprint density at radius 2 is 2.14 bits per heavy atom. The van der Waals surface area contributed by atoms with Crippen LogP contribution in [0.4, 0.5) is 0 Å². The van der Waals surface area contributed by atoms with Gasteiger partial charge in [-0.2, -0.15) is 9.57 Å². The Kier molecular flexibility index (Phi) is 5.26. The van der Waals surface area contributed by atoms with Crippen molar-refractivity contribution < 1.29 is 8.42 Å². The molecule has 6 heteroatoms. The van der Waals surface area contributed by atoms with Crippen molar-refractivity contribution >= 4 is 21.6 Å². The van der Waals surface area contributed by atoms with Crippen molar-refractivity contribution in [1.29, 1.82) is 5.26 Å². The minimum Gasteiger partial charge on any atom is -0.207 e. The number of rotatable bonds is 3. The number of hydrogen-bond donors (Lipinski definition) is 0. The van der Waals surface area contributed by atoms with E-state index in [0.717, 1.165) is 25.7 Å². The molecule has 0 saturated carbocycles. The summed E-state index contributed by atoms with van der Waals surface area (Å²) in [6.45, 7) is 3.18. The molecule has 1 aromatic carbocycles. The molecular formula is C15H19ClN2O2S. The van der Waals surface area contributed by atoms with Crippen molar-refractivity contribution in [3.05, 3.63) is 28.8 Å². The maximum atomic E-state index is 12.8. The third-order valence-electron chi connectivity index (χ3n) is 4.06. The van der Waals surface area contributed by atoms with Crippen LogP contribution in [0.1, 0.15) is 38.2 Å². The van der Waals surface area contributed by atoms with E-state index in [2.05, 4.69) is 6.92 Å². The van der Waals surface area contributed by atoms with Crippen molar-refractivity contribution in [3.63, 3.8) is 0 Å². The van der Waals surface area contributed by atoms with Crippen molar-refractivity contribution in [3.8, 4) is 6.07 Å². The number of halogens is 1. The van der Waals surface area contributed by atoms with Crippen molar-refractivity contribution in [2.45, 2.75) is 37.5 Å². The number of nitrogens with zero attached hydrogens (tertiary/aromatic N) is 2. The predicted molar refractivity (Wildman–Crippen MR) is 82.6 cm³/mol. The molecule has 2 rings (SSSR count). The van der Waals surface area contributed by atoms with Crippen LogP contribution in [0.2, 0.25) is 5.02 Å². The Morgan fingerprint density at radius 1 is 1.38 bits per heavy atom. The van der Waals surface area contributed by atoms with E-state index in [9.17, 15) is 8.42 Å². The Morgan fingerprint density at radius 3 is 2.81 bits per heavy atom. The third kappa shape index (κ3) is 3.57. The molecule has 21 heavy (non-hydrogen) atoms. The topological polar surface area (TPSA) is 61.2 Å². The van der Waals surface area contributed by atoms with Crippen molar-refractivity contribution in [2.24, 2.45) is 5.92 Å². The summed E-state index contributed by atoms with van der Waals surface area (Å²) in [5.74, 6) is 0.589. The molecule has 1 aromatic rings. The van der Waals surface area contributed by atoms with Gasteiger partial charge in [-0.25, -0.2) is 8.42 Å². The molecule has 0 bridgehead atoms. The molecule has 1 atom stereocenters. The molecule has 114 valence electrons. The number of benzene rings is 1. The summed E-state index contributed by atoms with van der Waals surface area (Å²) in [5.41, 5.74) is 0.305. The summed E-state index contributed by atoms with van der Waals surface area (Å²) in [4.78, 5) is 0.0400. The zero-order valence-electron chi connectivity index (χ0n) is 12.0. The monoisotopic (exact) mass is 326 g/mol. The van der Waals surface area contributed by atoms with Gasteiger partial charge in [-0.3, -0.25) is 0 Å². The Balaban J connectivity index is 2.32. The van der Waals surface area contributed by atoms with E-state index in [1.807, 2.05) is 6.07 Å². The smallest absolute Gasteiger partial charge is 0.207 e. The van der Waals surface area contributed by atoms with Crippen LogP contribution in [0, 0.1) is 17.2 Å². The second-order valence-corrected chi connectivity index (χ2v) is 7.68. The van der Waals surface area contributed by atoms with Gasteiger partial charge in [0.2, 0.25) is 10.0 Å². The molecule has 1 heterocycles. The highest BCUT2D eigenvalue weighted by Crippen LogP contribution is 2.29. The summed E-state index contributed by atoms with van der Waals surface area (Å²) >= 11 is 6.04. The summed E-state index contributed by atoms with van der Waals surface area (Å²) in [6, 6.07) is 6.31. The van der Waals surface area contributed by atoms with Crippen LogP contribution in [0.25, 0.3) is 0 Å². The average molecular weight is 327 g/mol. The maximum Gasteiger partial charge on any atom is 0.244 e. The Hall–Kier alpha value is -1.09. The highest BCUT2D eigenvalue weighted by molar-refractivity contribution is 7.89. The first-order chi connectivity index (χ1) is 9.98. The van der Waals surface area contributed by atoms with Crippen molar-refractivity contribution in [2.75, 3.05) is 13.1 Å². The van der Waals surface area contributed by atoms with Crippen LogP contribution in [-0.4, -0.2) is 25.8 Å². The van der Waals surface area contributed by atoms with E-state index in [0.29, 0.717) is 24.6 Å². The molecule has 1 aliphatic rings. The Bertz CT molecular complexity index is 652. The lowest BCUT2D eigenvalue weighted by molar-refractivity contribution is 0.407. The largest absolute Gasteiger partial charge is 0.244 e. The second-order valence-electron chi connectivity index (χ2n) is 5.37. The van der Waals surface area contributed by atoms with Gasteiger partial charge in [0.25, 0.3) is 0 Å². The lowest BCUT2D eigenvalue weighted by Gasteiger charge is -2.21. The van der Waals surface area contributed by atoms with Crippen LogP contribution in [-0.2, 0) is 10.0 Å². The third-order valence-corrected chi connectivity index (χ3v) is 6.44. The molecular weight excluding hydrogens is 308 g/mol. The van der Waals surface area contributed by atoms with E-state index in [4.69, 9.17) is 16.9 Å². The molecule has 0 N–H and O–H groups in total. The highest BCUT2D eigenvalue weighted by Gasteiger charge is 2.29. The summed E-state index contributed by atoms with van der Waals surface area (Å²) < 4.78 is 27.0. The van der Waals surface area contributed by atoms with Crippen LogP contribution >= 0.6 is 11.6 Å². The number of sulfonamides is 1. The standard InChI is InChI=1S/C15H19ClN2O2S/c1-2-12-4-3-8-18(9-7-12)21(19,20)15-10-13(11-17)5-6-14(15)16/h5-6,10,12H,2-4,7-9H2,1H3. The number of hydrogen-bond acceptors (Lipinski definition) is 3. The average Bonchev–Trinajstić information content (AvgIpc) is 2.73. The van der Waals surface area contributed by atoms with Gasteiger partial charge in [-0.15, -0.1) is 0 Å². The molecule has 0 amide bonds. The minimum atomic E-state index is -3.63. The molecule has 1 aliphatic heterocycles. The summed E-state index contributed by atoms with van der Waals surface area (Å²) in [5, 5.41) is 9.11. The lowest BCUT2D eigenvalue weighted by Crippen LogP contribution is -2.32. The molecule has 0 aliphatic carbocycles. The van der Waals surface area contributed by atoms with Gasteiger partial charge in [0, 0.05) is 13.1 Å². The molecule has 0 aromatic heterocycles. The molecule has 1 unspecified atom stereocenters. The highest BCUT2D eigenvalue weighted by atomic mass is 35.5. The zero-order chi connectivity index (χ0) is 15.5. The molecule has 4 nitrogen and oxygen atoms in total. The minimum absolute atomic E-state index is 0.0400.